The molecule has 1 aliphatic carbocycles. The van der Waals surface area contributed by atoms with Crippen LogP contribution in [0.3, 0.4) is 0 Å². The van der Waals surface area contributed by atoms with Gasteiger partial charge < -0.3 is 5.32 Å². The van der Waals surface area contributed by atoms with Gasteiger partial charge in [0.15, 0.2) is 5.78 Å². The van der Waals surface area contributed by atoms with Crippen molar-refractivity contribution < 1.29 is 9.59 Å². The standard InChI is InChI=1S/C17H22ClNO2/c1-2-15(18)16(20)12-8-10-14(11-9-12)19-17(21)13-6-4-3-5-7-13/h8-11,13,15H,2-7H2,1H3,(H,19,21). The molecule has 114 valence electrons. The van der Waals surface area contributed by atoms with Gasteiger partial charge in [-0.2, -0.15) is 0 Å². The lowest BCUT2D eigenvalue weighted by Gasteiger charge is -2.20. The van der Waals surface area contributed by atoms with E-state index in [1.165, 1.54) is 6.42 Å². The van der Waals surface area contributed by atoms with Crippen molar-refractivity contribution in [3.05, 3.63) is 29.8 Å². The number of rotatable bonds is 5. The van der Waals surface area contributed by atoms with Crippen LogP contribution < -0.4 is 5.32 Å². The highest BCUT2D eigenvalue weighted by molar-refractivity contribution is 6.33. The van der Waals surface area contributed by atoms with Crippen molar-refractivity contribution in [3.8, 4) is 0 Å². The molecule has 1 atom stereocenters. The van der Waals surface area contributed by atoms with E-state index in [-0.39, 0.29) is 17.6 Å². The number of Topliss-reactive ketones (excluding diaryl/α,β-unsaturated/α-hetero) is 1. The fourth-order valence-electron chi connectivity index (χ4n) is 2.69. The molecule has 0 spiro atoms. The molecule has 1 aromatic rings. The van der Waals surface area contributed by atoms with Gasteiger partial charge in [0.1, 0.15) is 0 Å². The molecule has 0 bridgehead atoms. The topological polar surface area (TPSA) is 46.2 Å². The van der Waals surface area contributed by atoms with Gasteiger partial charge in [-0.15, -0.1) is 11.6 Å². The summed E-state index contributed by atoms with van der Waals surface area (Å²) in [5.41, 5.74) is 1.33. The zero-order chi connectivity index (χ0) is 15.2. The second kappa shape index (κ2) is 7.60. The third kappa shape index (κ3) is 4.31. The number of benzene rings is 1. The Labute approximate surface area is 131 Å². The van der Waals surface area contributed by atoms with Crippen LogP contribution in [-0.4, -0.2) is 17.1 Å². The number of hydrogen-bond donors (Lipinski definition) is 1. The molecular weight excluding hydrogens is 286 g/mol. The summed E-state index contributed by atoms with van der Waals surface area (Å²) in [6.45, 7) is 1.88. The molecule has 2 rings (SSSR count). The summed E-state index contributed by atoms with van der Waals surface area (Å²) >= 11 is 5.96. The van der Waals surface area contributed by atoms with Crippen molar-refractivity contribution in [3.63, 3.8) is 0 Å². The van der Waals surface area contributed by atoms with E-state index in [0.29, 0.717) is 12.0 Å². The number of alkyl halides is 1. The summed E-state index contributed by atoms with van der Waals surface area (Å²) in [4.78, 5) is 24.1. The van der Waals surface area contributed by atoms with Crippen LogP contribution in [0.4, 0.5) is 5.69 Å². The average Bonchev–Trinajstić information content (AvgIpc) is 2.55. The Kier molecular flexibility index (Phi) is 5.80. The molecule has 3 nitrogen and oxygen atoms in total. The second-order valence-electron chi connectivity index (χ2n) is 5.64. The van der Waals surface area contributed by atoms with E-state index in [1.807, 2.05) is 6.92 Å². The van der Waals surface area contributed by atoms with Gasteiger partial charge in [-0.3, -0.25) is 9.59 Å². The molecule has 1 N–H and O–H groups in total. The maximum absolute atomic E-state index is 12.1. The van der Waals surface area contributed by atoms with Crippen molar-refractivity contribution in [2.24, 2.45) is 5.92 Å². The molecule has 0 aliphatic heterocycles. The highest BCUT2D eigenvalue weighted by Gasteiger charge is 2.21. The SMILES string of the molecule is CCC(Cl)C(=O)c1ccc(NC(=O)C2CCCCC2)cc1. The van der Waals surface area contributed by atoms with Crippen LogP contribution in [0.2, 0.25) is 0 Å². The minimum absolute atomic E-state index is 0.0654. The van der Waals surface area contributed by atoms with Crippen molar-refractivity contribution in [1.29, 1.82) is 0 Å². The van der Waals surface area contributed by atoms with E-state index < -0.39 is 5.38 Å². The highest BCUT2D eigenvalue weighted by atomic mass is 35.5. The number of nitrogens with one attached hydrogen (secondary N) is 1. The quantitative estimate of drug-likeness (QED) is 0.647. The summed E-state index contributed by atoms with van der Waals surface area (Å²) in [5.74, 6) is 0.161. The van der Waals surface area contributed by atoms with Gasteiger partial charge in [-0.05, 0) is 43.5 Å². The van der Waals surface area contributed by atoms with E-state index in [2.05, 4.69) is 5.32 Å². The first-order chi connectivity index (χ1) is 10.1. The Hall–Kier alpha value is -1.35. The third-order valence-electron chi connectivity index (χ3n) is 4.06. The lowest BCUT2D eigenvalue weighted by Crippen LogP contribution is -2.24. The molecule has 0 heterocycles. The fourth-order valence-corrected chi connectivity index (χ4v) is 2.82. The van der Waals surface area contributed by atoms with Crippen molar-refractivity contribution in [1.82, 2.24) is 0 Å². The van der Waals surface area contributed by atoms with Gasteiger partial charge in [0.25, 0.3) is 0 Å². The van der Waals surface area contributed by atoms with E-state index >= 15 is 0 Å². The van der Waals surface area contributed by atoms with Gasteiger partial charge in [0, 0.05) is 17.2 Å². The lowest BCUT2D eigenvalue weighted by molar-refractivity contribution is -0.120. The Bertz CT molecular complexity index is 492. The summed E-state index contributed by atoms with van der Waals surface area (Å²) in [7, 11) is 0. The molecule has 0 aromatic heterocycles. The first-order valence-corrected chi connectivity index (χ1v) is 8.14. The zero-order valence-corrected chi connectivity index (χ0v) is 13.2. The number of hydrogen-bond acceptors (Lipinski definition) is 2. The number of halogens is 1. The molecule has 0 saturated heterocycles. The van der Waals surface area contributed by atoms with E-state index in [9.17, 15) is 9.59 Å². The van der Waals surface area contributed by atoms with Crippen molar-refractivity contribution in [2.45, 2.75) is 50.8 Å². The summed E-state index contributed by atoms with van der Waals surface area (Å²) in [6.07, 6.45) is 6.08. The molecule has 21 heavy (non-hydrogen) atoms. The molecule has 1 aromatic carbocycles. The first-order valence-electron chi connectivity index (χ1n) is 7.71. The van der Waals surface area contributed by atoms with Crippen LogP contribution in [0.25, 0.3) is 0 Å². The van der Waals surface area contributed by atoms with Crippen LogP contribution in [0.5, 0.6) is 0 Å². The maximum Gasteiger partial charge on any atom is 0.227 e. The minimum atomic E-state index is -0.479. The Morgan fingerprint density at radius 3 is 2.38 bits per heavy atom. The Balaban J connectivity index is 1.95. The van der Waals surface area contributed by atoms with Gasteiger partial charge in [-0.1, -0.05) is 26.2 Å². The van der Waals surface area contributed by atoms with Crippen LogP contribution in [-0.2, 0) is 4.79 Å². The number of carbonyl (C=O) groups is 2. The van der Waals surface area contributed by atoms with Gasteiger partial charge in [0.05, 0.1) is 5.38 Å². The summed E-state index contributed by atoms with van der Waals surface area (Å²) < 4.78 is 0. The van der Waals surface area contributed by atoms with E-state index in [0.717, 1.165) is 31.4 Å². The molecular formula is C17H22ClNO2. The number of ketones is 1. The lowest BCUT2D eigenvalue weighted by atomic mass is 9.88. The predicted molar refractivity (Wildman–Crippen MR) is 85.9 cm³/mol. The molecule has 0 radical (unpaired) electrons. The number of amides is 1. The average molecular weight is 308 g/mol. The number of anilines is 1. The number of carbonyl (C=O) groups excluding carboxylic acids is 2. The first kappa shape index (κ1) is 16.0. The van der Waals surface area contributed by atoms with Gasteiger partial charge in [-0.25, -0.2) is 0 Å². The molecule has 1 aliphatic rings. The van der Waals surface area contributed by atoms with Crippen LogP contribution >= 0.6 is 11.6 Å². The van der Waals surface area contributed by atoms with Crippen molar-refractivity contribution in [2.75, 3.05) is 5.32 Å². The monoisotopic (exact) mass is 307 g/mol. The largest absolute Gasteiger partial charge is 0.326 e. The second-order valence-corrected chi connectivity index (χ2v) is 6.17. The van der Waals surface area contributed by atoms with Crippen LogP contribution in [0, 0.1) is 5.92 Å². The normalized spacial score (nSPS) is 17.2. The summed E-state index contributed by atoms with van der Waals surface area (Å²) in [5, 5.41) is 2.46. The molecule has 1 amide bonds. The molecule has 4 heteroatoms. The fraction of sp³-hybridized carbons (Fsp3) is 0.529. The van der Waals surface area contributed by atoms with Gasteiger partial charge >= 0.3 is 0 Å². The zero-order valence-electron chi connectivity index (χ0n) is 12.4. The molecule has 1 saturated carbocycles. The molecule has 1 fully saturated rings. The Morgan fingerprint density at radius 1 is 1.19 bits per heavy atom. The van der Waals surface area contributed by atoms with Crippen molar-refractivity contribution >= 4 is 29.0 Å². The predicted octanol–water partition coefficient (Wildman–Crippen LogP) is 4.41. The highest BCUT2D eigenvalue weighted by Crippen LogP contribution is 2.25. The van der Waals surface area contributed by atoms with Crippen LogP contribution in [0.15, 0.2) is 24.3 Å². The summed E-state index contributed by atoms with van der Waals surface area (Å²) in [6, 6.07) is 6.99. The van der Waals surface area contributed by atoms with Crippen LogP contribution in [0.1, 0.15) is 55.8 Å². The molecule has 1 unspecified atom stereocenters. The smallest absolute Gasteiger partial charge is 0.227 e. The minimum Gasteiger partial charge on any atom is -0.326 e. The van der Waals surface area contributed by atoms with E-state index in [1.54, 1.807) is 24.3 Å². The van der Waals surface area contributed by atoms with E-state index in [4.69, 9.17) is 11.6 Å². The third-order valence-corrected chi connectivity index (χ3v) is 4.56. The van der Waals surface area contributed by atoms with Gasteiger partial charge in [0.2, 0.25) is 5.91 Å². The maximum atomic E-state index is 12.1. The Morgan fingerprint density at radius 2 is 1.81 bits per heavy atom.